The first-order chi connectivity index (χ1) is 7.30. The number of hydrogen-bond acceptors (Lipinski definition) is 2. The fourth-order valence-electron chi connectivity index (χ4n) is 3.27. The Labute approximate surface area is 90.9 Å². The van der Waals surface area contributed by atoms with Crippen molar-refractivity contribution < 1.29 is 0 Å². The van der Waals surface area contributed by atoms with Crippen LogP contribution in [-0.4, -0.2) is 16.3 Å². The highest BCUT2D eigenvalue weighted by molar-refractivity contribution is 5.20. The van der Waals surface area contributed by atoms with E-state index in [0.717, 1.165) is 0 Å². The van der Waals surface area contributed by atoms with Gasteiger partial charge in [-0.05, 0) is 12.8 Å². The first-order valence-electron chi connectivity index (χ1n) is 6.02. The molecule has 0 aromatic carbocycles. The summed E-state index contributed by atoms with van der Waals surface area (Å²) >= 11 is 0. The highest BCUT2D eigenvalue weighted by Crippen LogP contribution is 2.50. The van der Waals surface area contributed by atoms with Crippen molar-refractivity contribution >= 4 is 0 Å². The van der Waals surface area contributed by atoms with Crippen molar-refractivity contribution in [3.63, 3.8) is 0 Å². The molecule has 0 radical (unpaired) electrons. The zero-order valence-electron chi connectivity index (χ0n) is 9.37. The number of nitrogens with one attached hydrogen (secondary N) is 1. The Morgan fingerprint density at radius 3 is 2.73 bits per heavy atom. The SMILES string of the molecule is Cn1cc(C2NCC23CCCCC3)cn1. The van der Waals surface area contributed by atoms with Gasteiger partial charge in [-0.1, -0.05) is 19.3 Å². The Bertz CT molecular complexity index is 350. The van der Waals surface area contributed by atoms with Crippen molar-refractivity contribution in [1.82, 2.24) is 15.1 Å². The van der Waals surface area contributed by atoms with Crippen LogP contribution in [0.2, 0.25) is 0 Å². The molecule has 1 saturated heterocycles. The van der Waals surface area contributed by atoms with Gasteiger partial charge in [0.2, 0.25) is 0 Å². The molecule has 1 aromatic heterocycles. The lowest BCUT2D eigenvalue weighted by Gasteiger charge is -2.52. The van der Waals surface area contributed by atoms with Gasteiger partial charge < -0.3 is 5.32 Å². The number of aromatic nitrogens is 2. The summed E-state index contributed by atoms with van der Waals surface area (Å²) in [5.74, 6) is 0. The Balaban J connectivity index is 1.82. The third-order valence-electron chi connectivity index (χ3n) is 4.18. The van der Waals surface area contributed by atoms with E-state index >= 15 is 0 Å². The average Bonchev–Trinajstić information content (AvgIpc) is 2.64. The molecule has 0 amide bonds. The summed E-state index contributed by atoms with van der Waals surface area (Å²) in [6, 6.07) is 0.575. The van der Waals surface area contributed by atoms with Gasteiger partial charge in [-0.15, -0.1) is 0 Å². The largest absolute Gasteiger partial charge is 0.309 e. The van der Waals surface area contributed by atoms with Crippen LogP contribution in [0.5, 0.6) is 0 Å². The molecule has 1 spiro atoms. The normalized spacial score (nSPS) is 29.0. The second-order valence-electron chi connectivity index (χ2n) is 5.18. The van der Waals surface area contributed by atoms with E-state index in [4.69, 9.17) is 0 Å². The Kier molecular flexibility index (Phi) is 2.09. The van der Waals surface area contributed by atoms with Crippen LogP contribution >= 0.6 is 0 Å². The summed E-state index contributed by atoms with van der Waals surface area (Å²) in [4.78, 5) is 0. The zero-order valence-corrected chi connectivity index (χ0v) is 9.37. The predicted molar refractivity (Wildman–Crippen MR) is 59.5 cm³/mol. The molecular weight excluding hydrogens is 186 g/mol. The molecule has 1 atom stereocenters. The standard InChI is InChI=1S/C12H19N3/c1-15-8-10(7-14-15)11-12(9-13-11)5-3-2-4-6-12/h7-8,11,13H,2-6,9H2,1H3. The van der Waals surface area contributed by atoms with Gasteiger partial charge >= 0.3 is 0 Å². The minimum atomic E-state index is 0.571. The summed E-state index contributed by atoms with van der Waals surface area (Å²) in [6.45, 7) is 1.21. The molecule has 3 heteroatoms. The third-order valence-corrected chi connectivity index (χ3v) is 4.18. The lowest BCUT2D eigenvalue weighted by atomic mass is 9.63. The lowest BCUT2D eigenvalue weighted by Crippen LogP contribution is -2.56. The fraction of sp³-hybridized carbons (Fsp3) is 0.750. The number of nitrogens with zero attached hydrogens (tertiary/aromatic N) is 2. The van der Waals surface area contributed by atoms with Gasteiger partial charge in [-0.25, -0.2) is 0 Å². The maximum Gasteiger partial charge on any atom is 0.0537 e. The van der Waals surface area contributed by atoms with Crippen LogP contribution in [0.4, 0.5) is 0 Å². The fourth-order valence-corrected chi connectivity index (χ4v) is 3.27. The monoisotopic (exact) mass is 205 g/mol. The van der Waals surface area contributed by atoms with E-state index in [0.29, 0.717) is 11.5 Å². The summed E-state index contributed by atoms with van der Waals surface area (Å²) in [5, 5.41) is 7.86. The predicted octanol–water partition coefficient (Wildman–Crippen LogP) is 2.01. The van der Waals surface area contributed by atoms with E-state index < -0.39 is 0 Å². The van der Waals surface area contributed by atoms with Crippen LogP contribution in [0.15, 0.2) is 12.4 Å². The van der Waals surface area contributed by atoms with Crippen LogP contribution in [0.25, 0.3) is 0 Å². The quantitative estimate of drug-likeness (QED) is 0.760. The van der Waals surface area contributed by atoms with Crippen LogP contribution < -0.4 is 5.32 Å². The Morgan fingerprint density at radius 1 is 1.40 bits per heavy atom. The van der Waals surface area contributed by atoms with Crippen molar-refractivity contribution in [1.29, 1.82) is 0 Å². The Hall–Kier alpha value is -0.830. The van der Waals surface area contributed by atoms with Gasteiger partial charge in [0.1, 0.15) is 0 Å². The van der Waals surface area contributed by atoms with E-state index in [1.807, 2.05) is 17.9 Å². The molecule has 82 valence electrons. The van der Waals surface area contributed by atoms with Gasteiger partial charge in [0.05, 0.1) is 6.20 Å². The van der Waals surface area contributed by atoms with Crippen molar-refractivity contribution in [3.8, 4) is 0 Å². The third kappa shape index (κ3) is 1.41. The lowest BCUT2D eigenvalue weighted by molar-refractivity contribution is 0.0360. The molecule has 15 heavy (non-hydrogen) atoms. The molecule has 0 bridgehead atoms. The summed E-state index contributed by atoms with van der Waals surface area (Å²) in [6.07, 6.45) is 11.2. The van der Waals surface area contributed by atoms with Crippen molar-refractivity contribution in [2.45, 2.75) is 38.1 Å². The van der Waals surface area contributed by atoms with Crippen molar-refractivity contribution in [2.24, 2.45) is 12.5 Å². The molecule has 3 rings (SSSR count). The molecule has 1 unspecified atom stereocenters. The number of hydrogen-bond donors (Lipinski definition) is 1. The topological polar surface area (TPSA) is 29.9 Å². The maximum atomic E-state index is 4.27. The summed E-state index contributed by atoms with van der Waals surface area (Å²) in [5.41, 5.74) is 1.95. The molecular formula is C12H19N3. The molecule has 1 aliphatic carbocycles. The number of aryl methyl sites for hydroxylation is 1. The number of rotatable bonds is 1. The van der Waals surface area contributed by atoms with E-state index in [-0.39, 0.29) is 0 Å². The van der Waals surface area contributed by atoms with E-state index in [1.165, 1.54) is 44.2 Å². The molecule has 1 aromatic rings. The minimum absolute atomic E-state index is 0.571. The smallest absolute Gasteiger partial charge is 0.0537 e. The van der Waals surface area contributed by atoms with Crippen molar-refractivity contribution in [3.05, 3.63) is 18.0 Å². The van der Waals surface area contributed by atoms with Gasteiger partial charge in [0, 0.05) is 36.8 Å². The molecule has 1 aliphatic heterocycles. The molecule has 2 aliphatic rings. The molecule has 3 nitrogen and oxygen atoms in total. The summed E-state index contributed by atoms with van der Waals surface area (Å²) < 4.78 is 1.91. The first-order valence-corrected chi connectivity index (χ1v) is 6.02. The van der Waals surface area contributed by atoms with Crippen LogP contribution in [-0.2, 0) is 7.05 Å². The van der Waals surface area contributed by atoms with E-state index in [1.54, 1.807) is 0 Å². The van der Waals surface area contributed by atoms with Gasteiger partial charge in [-0.3, -0.25) is 4.68 Å². The second kappa shape index (κ2) is 3.34. The Morgan fingerprint density at radius 2 is 2.20 bits per heavy atom. The summed E-state index contributed by atoms with van der Waals surface area (Å²) in [7, 11) is 2.00. The van der Waals surface area contributed by atoms with E-state index in [9.17, 15) is 0 Å². The first kappa shape index (κ1) is 9.40. The van der Waals surface area contributed by atoms with Crippen molar-refractivity contribution in [2.75, 3.05) is 6.54 Å². The average molecular weight is 205 g/mol. The van der Waals surface area contributed by atoms with Crippen LogP contribution in [0.3, 0.4) is 0 Å². The van der Waals surface area contributed by atoms with Crippen LogP contribution in [0.1, 0.15) is 43.7 Å². The highest BCUT2D eigenvalue weighted by Gasteiger charge is 2.47. The van der Waals surface area contributed by atoms with E-state index in [2.05, 4.69) is 16.6 Å². The highest BCUT2D eigenvalue weighted by atomic mass is 15.2. The van der Waals surface area contributed by atoms with Crippen LogP contribution in [0, 0.1) is 5.41 Å². The van der Waals surface area contributed by atoms with Gasteiger partial charge in [-0.2, -0.15) is 5.10 Å². The molecule has 1 saturated carbocycles. The zero-order chi connectivity index (χ0) is 10.3. The van der Waals surface area contributed by atoms with Gasteiger partial charge in [0.15, 0.2) is 0 Å². The molecule has 2 heterocycles. The molecule has 1 N–H and O–H groups in total. The second-order valence-corrected chi connectivity index (χ2v) is 5.18. The minimum Gasteiger partial charge on any atom is -0.309 e. The van der Waals surface area contributed by atoms with Gasteiger partial charge in [0.25, 0.3) is 0 Å². The maximum absolute atomic E-state index is 4.27. The molecule has 2 fully saturated rings.